The third-order valence-corrected chi connectivity index (χ3v) is 6.73. The average molecular weight is 604 g/mol. The van der Waals surface area contributed by atoms with E-state index in [1.165, 1.54) is 4.90 Å². The molecule has 2 aliphatic heterocycles. The molecule has 0 saturated carbocycles. The Morgan fingerprint density at radius 2 is 1.26 bits per heavy atom. The lowest BCUT2D eigenvalue weighted by atomic mass is 10.1. The van der Waals surface area contributed by atoms with E-state index in [1.54, 1.807) is 67.2 Å². The van der Waals surface area contributed by atoms with Crippen LogP contribution in [0.5, 0.6) is 0 Å². The van der Waals surface area contributed by atoms with Gasteiger partial charge in [0.2, 0.25) is 0 Å². The molecule has 11 nitrogen and oxygen atoms in total. The zero-order valence-corrected chi connectivity index (χ0v) is 27.1. The van der Waals surface area contributed by atoms with E-state index in [4.69, 9.17) is 18.9 Å². The predicted octanol–water partition coefficient (Wildman–Crippen LogP) is 3.82. The third kappa shape index (κ3) is 11.1. The van der Waals surface area contributed by atoms with Gasteiger partial charge in [-0.3, -0.25) is 19.4 Å². The van der Waals surface area contributed by atoms with Crippen molar-refractivity contribution in [2.75, 3.05) is 19.6 Å². The first-order valence-electron chi connectivity index (χ1n) is 14.9. The van der Waals surface area contributed by atoms with Crippen LogP contribution in [0, 0.1) is 0 Å². The average Bonchev–Trinajstić information content (AvgIpc) is 3.44. The number of likely N-dealkylation sites (tertiary alicyclic amines) is 2. The van der Waals surface area contributed by atoms with Crippen LogP contribution in [-0.4, -0.2) is 94.4 Å². The van der Waals surface area contributed by atoms with Crippen molar-refractivity contribution >= 4 is 24.0 Å². The van der Waals surface area contributed by atoms with E-state index in [1.807, 2.05) is 30.3 Å². The summed E-state index contributed by atoms with van der Waals surface area (Å²) in [4.78, 5) is 55.4. The number of carbonyl (C=O) groups is 4. The number of carbonyl (C=O) groups excluding carboxylic acids is 4. The first kappa shape index (κ1) is 34.3. The Kier molecular flexibility index (Phi) is 10.9. The molecule has 1 aromatic rings. The largest absolute Gasteiger partial charge is 0.459 e. The van der Waals surface area contributed by atoms with E-state index in [2.05, 4.69) is 5.32 Å². The van der Waals surface area contributed by atoms with Gasteiger partial charge in [-0.2, -0.15) is 0 Å². The minimum atomic E-state index is -0.832. The number of amides is 1. The normalized spacial score (nSPS) is 23.1. The quantitative estimate of drug-likeness (QED) is 0.346. The molecule has 1 N–H and O–H groups in total. The maximum atomic E-state index is 13.2. The highest BCUT2D eigenvalue weighted by Crippen LogP contribution is 2.27. The van der Waals surface area contributed by atoms with Gasteiger partial charge in [0.15, 0.2) is 0 Å². The lowest BCUT2D eigenvalue weighted by Gasteiger charge is -2.27. The lowest BCUT2D eigenvalue weighted by molar-refractivity contribution is -0.163. The van der Waals surface area contributed by atoms with E-state index in [0.717, 1.165) is 5.56 Å². The molecule has 0 bridgehead atoms. The minimum absolute atomic E-state index is 0.0670. The van der Waals surface area contributed by atoms with E-state index in [9.17, 15) is 19.2 Å². The second-order valence-corrected chi connectivity index (χ2v) is 14.3. The van der Waals surface area contributed by atoms with E-state index >= 15 is 0 Å². The van der Waals surface area contributed by atoms with Gasteiger partial charge in [-0.15, -0.1) is 0 Å². The predicted molar refractivity (Wildman–Crippen MR) is 160 cm³/mol. The maximum absolute atomic E-state index is 13.2. The second kappa shape index (κ2) is 13.6. The summed E-state index contributed by atoms with van der Waals surface area (Å²) in [5.74, 6) is -1.34. The smallest absolute Gasteiger partial charge is 0.410 e. The molecule has 2 saturated heterocycles. The van der Waals surface area contributed by atoms with Gasteiger partial charge in [0.1, 0.15) is 35.5 Å². The molecule has 240 valence electrons. The van der Waals surface area contributed by atoms with Crippen molar-refractivity contribution in [3.8, 4) is 0 Å². The molecule has 4 atom stereocenters. The van der Waals surface area contributed by atoms with Crippen LogP contribution in [0.15, 0.2) is 30.3 Å². The SMILES string of the molecule is CC(C)(C)OC(=O)CN1C[C@@H](N[C@@H]2C[C@H](C(=O)OC(C)(C)C)N(C(=O)OCc3ccccc3)C2)C[C@H]1C(=O)OC(C)(C)C. The van der Waals surface area contributed by atoms with Crippen LogP contribution >= 0.6 is 0 Å². The van der Waals surface area contributed by atoms with Crippen LogP contribution in [0.4, 0.5) is 4.79 Å². The first-order valence-corrected chi connectivity index (χ1v) is 14.9. The molecule has 2 aliphatic rings. The number of hydrogen-bond donors (Lipinski definition) is 1. The molecule has 0 aromatic heterocycles. The minimum Gasteiger partial charge on any atom is -0.459 e. The Morgan fingerprint density at radius 1 is 0.744 bits per heavy atom. The fourth-order valence-electron chi connectivity index (χ4n) is 5.24. The fraction of sp³-hybridized carbons (Fsp3) is 0.688. The van der Waals surface area contributed by atoms with Crippen molar-refractivity contribution < 1.29 is 38.1 Å². The van der Waals surface area contributed by atoms with Gasteiger partial charge in [-0.25, -0.2) is 9.59 Å². The van der Waals surface area contributed by atoms with E-state index < -0.39 is 52.9 Å². The fourth-order valence-corrected chi connectivity index (χ4v) is 5.24. The number of benzene rings is 1. The first-order chi connectivity index (χ1) is 19.8. The molecule has 2 fully saturated rings. The summed E-state index contributed by atoms with van der Waals surface area (Å²) in [5, 5.41) is 3.52. The number of nitrogens with zero attached hydrogens (tertiary/aromatic N) is 2. The van der Waals surface area contributed by atoms with Crippen LogP contribution in [0.2, 0.25) is 0 Å². The van der Waals surface area contributed by atoms with Gasteiger partial charge < -0.3 is 24.3 Å². The van der Waals surface area contributed by atoms with Crippen molar-refractivity contribution in [3.05, 3.63) is 35.9 Å². The monoisotopic (exact) mass is 603 g/mol. The zero-order valence-electron chi connectivity index (χ0n) is 27.1. The molecule has 1 aromatic carbocycles. The maximum Gasteiger partial charge on any atom is 0.410 e. The standard InChI is InChI=1S/C32H49N3O8/c1-30(2,3)41-26(36)19-34-17-22(15-24(34)27(37)42-31(4,5)6)33-23-16-25(28(38)43-32(7,8)9)35(18-23)29(39)40-20-21-13-11-10-12-14-21/h10-14,22-25,33H,15-20H2,1-9H3/t22-,23+,24-,25+/m0/s1. The van der Waals surface area contributed by atoms with Crippen molar-refractivity contribution in [3.63, 3.8) is 0 Å². The number of nitrogens with one attached hydrogen (secondary N) is 1. The molecule has 43 heavy (non-hydrogen) atoms. The molecule has 3 rings (SSSR count). The Labute approximate surface area is 255 Å². The van der Waals surface area contributed by atoms with Gasteiger partial charge in [0.05, 0.1) is 6.54 Å². The lowest BCUT2D eigenvalue weighted by Crippen LogP contribution is -2.45. The second-order valence-electron chi connectivity index (χ2n) is 14.3. The Hall–Kier alpha value is -3.18. The molecular formula is C32H49N3O8. The number of hydrogen-bond acceptors (Lipinski definition) is 10. The van der Waals surface area contributed by atoms with Crippen LogP contribution in [0.1, 0.15) is 80.7 Å². The van der Waals surface area contributed by atoms with Gasteiger partial charge in [-0.1, -0.05) is 30.3 Å². The van der Waals surface area contributed by atoms with Crippen LogP contribution in [0.3, 0.4) is 0 Å². The Bertz CT molecular complexity index is 1140. The number of esters is 3. The summed E-state index contributed by atoms with van der Waals surface area (Å²) in [6.45, 7) is 16.7. The van der Waals surface area contributed by atoms with Gasteiger partial charge >= 0.3 is 24.0 Å². The van der Waals surface area contributed by atoms with Gasteiger partial charge in [0, 0.05) is 25.2 Å². The molecule has 1 amide bonds. The Morgan fingerprint density at radius 3 is 1.81 bits per heavy atom. The Balaban J connectivity index is 1.73. The topological polar surface area (TPSA) is 124 Å². The zero-order chi connectivity index (χ0) is 32.2. The van der Waals surface area contributed by atoms with E-state index in [0.29, 0.717) is 19.4 Å². The molecule has 11 heteroatoms. The highest BCUT2D eigenvalue weighted by atomic mass is 16.6. The number of rotatable bonds is 8. The summed E-state index contributed by atoms with van der Waals surface area (Å²) in [6, 6.07) is 7.36. The van der Waals surface area contributed by atoms with Gasteiger partial charge in [0.25, 0.3) is 0 Å². The van der Waals surface area contributed by atoms with Crippen molar-refractivity contribution in [1.82, 2.24) is 15.1 Å². The number of ether oxygens (including phenoxy) is 4. The summed E-state index contributed by atoms with van der Waals surface area (Å²) in [7, 11) is 0. The molecule has 0 spiro atoms. The van der Waals surface area contributed by atoms with Crippen LogP contribution < -0.4 is 5.32 Å². The highest BCUT2D eigenvalue weighted by molar-refractivity contribution is 5.82. The van der Waals surface area contributed by atoms with Crippen LogP contribution in [0.25, 0.3) is 0 Å². The van der Waals surface area contributed by atoms with E-state index in [-0.39, 0.29) is 31.8 Å². The molecule has 0 radical (unpaired) electrons. The molecule has 0 unspecified atom stereocenters. The highest BCUT2D eigenvalue weighted by Gasteiger charge is 2.46. The van der Waals surface area contributed by atoms with Crippen molar-refractivity contribution in [1.29, 1.82) is 0 Å². The van der Waals surface area contributed by atoms with Gasteiger partial charge in [-0.05, 0) is 80.7 Å². The summed E-state index contributed by atoms with van der Waals surface area (Å²) in [6.07, 6.45) is 0.104. The summed E-state index contributed by atoms with van der Waals surface area (Å²) < 4.78 is 22.4. The van der Waals surface area contributed by atoms with Crippen molar-refractivity contribution in [2.45, 2.75) is 123 Å². The molecule has 0 aliphatic carbocycles. The summed E-state index contributed by atoms with van der Waals surface area (Å²) >= 11 is 0. The molecule has 2 heterocycles. The van der Waals surface area contributed by atoms with Crippen molar-refractivity contribution in [2.24, 2.45) is 0 Å². The molecular weight excluding hydrogens is 554 g/mol. The van der Waals surface area contributed by atoms with Crippen LogP contribution in [-0.2, 0) is 39.9 Å². The summed E-state index contributed by atoms with van der Waals surface area (Å²) in [5.41, 5.74) is -1.24. The third-order valence-electron chi connectivity index (χ3n) is 6.73.